The van der Waals surface area contributed by atoms with Crippen molar-refractivity contribution in [1.29, 1.82) is 0 Å². The van der Waals surface area contributed by atoms with Crippen LogP contribution in [0, 0.1) is 5.92 Å². The summed E-state index contributed by atoms with van der Waals surface area (Å²) < 4.78 is 10.2. The van der Waals surface area contributed by atoms with E-state index in [1.807, 2.05) is 0 Å². The Morgan fingerprint density at radius 1 is 1.38 bits per heavy atom. The molecule has 16 heavy (non-hydrogen) atoms. The highest BCUT2D eigenvalue weighted by Crippen LogP contribution is 2.05. The van der Waals surface area contributed by atoms with Crippen LogP contribution in [0.2, 0.25) is 0 Å². The van der Waals surface area contributed by atoms with E-state index in [1.54, 1.807) is 13.8 Å². The SMILES string of the molecule is CC(C)[C@@H](NC(=O)C1COCCO1)C(=O)O. The second-order valence-electron chi connectivity index (χ2n) is 4.00. The molecule has 0 aromatic carbocycles. The first-order valence-corrected chi connectivity index (χ1v) is 5.25. The zero-order valence-corrected chi connectivity index (χ0v) is 9.43. The maximum atomic E-state index is 11.6. The molecular formula is C10H17NO5. The Balaban J connectivity index is 2.50. The molecule has 2 N–H and O–H groups in total. The zero-order chi connectivity index (χ0) is 12.1. The third-order valence-corrected chi connectivity index (χ3v) is 2.34. The first-order valence-electron chi connectivity index (χ1n) is 5.25. The highest BCUT2D eigenvalue weighted by molar-refractivity contribution is 5.86. The van der Waals surface area contributed by atoms with Crippen LogP contribution >= 0.6 is 0 Å². The summed E-state index contributed by atoms with van der Waals surface area (Å²) in [4.78, 5) is 22.5. The molecule has 2 atom stereocenters. The van der Waals surface area contributed by atoms with E-state index in [0.29, 0.717) is 13.2 Å². The van der Waals surface area contributed by atoms with Gasteiger partial charge in [0.1, 0.15) is 6.04 Å². The van der Waals surface area contributed by atoms with E-state index in [0.717, 1.165) is 0 Å². The molecule has 1 rings (SSSR count). The summed E-state index contributed by atoms with van der Waals surface area (Å²) in [6.45, 7) is 4.47. The van der Waals surface area contributed by atoms with Crippen LogP contribution in [0.1, 0.15) is 13.8 Å². The summed E-state index contributed by atoms with van der Waals surface area (Å²) in [5.74, 6) is -1.65. The molecule has 1 unspecified atom stereocenters. The normalized spacial score (nSPS) is 22.8. The summed E-state index contributed by atoms with van der Waals surface area (Å²) in [7, 11) is 0. The lowest BCUT2D eigenvalue weighted by molar-refractivity contribution is -0.153. The maximum Gasteiger partial charge on any atom is 0.326 e. The lowest BCUT2D eigenvalue weighted by Gasteiger charge is -2.25. The van der Waals surface area contributed by atoms with E-state index in [9.17, 15) is 9.59 Å². The number of carbonyl (C=O) groups is 2. The van der Waals surface area contributed by atoms with Crippen LogP contribution in [-0.4, -0.2) is 48.9 Å². The molecule has 0 radical (unpaired) electrons. The van der Waals surface area contributed by atoms with Crippen molar-refractivity contribution in [1.82, 2.24) is 5.32 Å². The lowest BCUT2D eigenvalue weighted by atomic mass is 10.0. The number of rotatable bonds is 4. The van der Waals surface area contributed by atoms with Gasteiger partial charge in [0.05, 0.1) is 19.8 Å². The minimum Gasteiger partial charge on any atom is -0.480 e. The van der Waals surface area contributed by atoms with Gasteiger partial charge < -0.3 is 19.9 Å². The van der Waals surface area contributed by atoms with Crippen LogP contribution in [-0.2, 0) is 19.1 Å². The minimum absolute atomic E-state index is 0.175. The smallest absolute Gasteiger partial charge is 0.326 e. The van der Waals surface area contributed by atoms with Gasteiger partial charge in [0.2, 0.25) is 0 Å². The number of carbonyl (C=O) groups excluding carboxylic acids is 1. The molecule has 1 saturated heterocycles. The molecule has 6 heteroatoms. The van der Waals surface area contributed by atoms with Gasteiger partial charge >= 0.3 is 5.97 Å². The third kappa shape index (κ3) is 3.46. The molecule has 1 aliphatic heterocycles. The molecule has 0 aromatic rings. The fourth-order valence-electron chi connectivity index (χ4n) is 1.40. The number of amides is 1. The monoisotopic (exact) mass is 231 g/mol. The van der Waals surface area contributed by atoms with Crippen molar-refractivity contribution in [2.24, 2.45) is 5.92 Å². The number of nitrogens with one attached hydrogen (secondary N) is 1. The standard InChI is InChI=1S/C10H17NO5/c1-6(2)8(10(13)14)11-9(12)7-5-15-3-4-16-7/h6-8H,3-5H2,1-2H3,(H,11,12)(H,13,14)/t7?,8-/m1/s1. The molecular weight excluding hydrogens is 214 g/mol. The van der Waals surface area contributed by atoms with Crippen LogP contribution in [0.15, 0.2) is 0 Å². The average molecular weight is 231 g/mol. The Bertz CT molecular complexity index is 260. The first-order chi connectivity index (χ1) is 7.52. The molecule has 6 nitrogen and oxygen atoms in total. The number of hydrogen-bond acceptors (Lipinski definition) is 4. The summed E-state index contributed by atoms with van der Waals surface area (Å²) in [6.07, 6.45) is -0.700. The van der Waals surface area contributed by atoms with Gasteiger partial charge in [-0.1, -0.05) is 13.8 Å². The van der Waals surface area contributed by atoms with E-state index in [4.69, 9.17) is 14.6 Å². The molecule has 1 heterocycles. The van der Waals surface area contributed by atoms with Crippen LogP contribution < -0.4 is 5.32 Å². The number of carboxylic acids is 1. The van der Waals surface area contributed by atoms with Gasteiger partial charge in [-0.05, 0) is 5.92 Å². The van der Waals surface area contributed by atoms with Crippen molar-refractivity contribution in [3.63, 3.8) is 0 Å². The van der Waals surface area contributed by atoms with Crippen molar-refractivity contribution < 1.29 is 24.2 Å². The quantitative estimate of drug-likeness (QED) is 0.689. The van der Waals surface area contributed by atoms with E-state index in [-0.39, 0.29) is 12.5 Å². The molecule has 0 bridgehead atoms. The fraction of sp³-hybridized carbons (Fsp3) is 0.800. The molecule has 92 valence electrons. The Labute approximate surface area is 93.9 Å². The van der Waals surface area contributed by atoms with Gasteiger partial charge in [-0.25, -0.2) is 4.79 Å². The largest absolute Gasteiger partial charge is 0.480 e. The Hall–Kier alpha value is -1.14. The van der Waals surface area contributed by atoms with Gasteiger partial charge in [-0.15, -0.1) is 0 Å². The second kappa shape index (κ2) is 5.81. The summed E-state index contributed by atoms with van der Waals surface area (Å²) in [5, 5.41) is 11.3. The molecule has 1 aliphatic rings. The lowest BCUT2D eigenvalue weighted by Crippen LogP contribution is -2.51. The molecule has 0 saturated carbocycles. The fourth-order valence-corrected chi connectivity index (χ4v) is 1.40. The van der Waals surface area contributed by atoms with E-state index in [2.05, 4.69) is 5.32 Å². The van der Waals surface area contributed by atoms with Crippen LogP contribution in [0.25, 0.3) is 0 Å². The summed E-state index contributed by atoms with van der Waals surface area (Å²) in [5.41, 5.74) is 0. The molecule has 0 aliphatic carbocycles. The van der Waals surface area contributed by atoms with Crippen molar-refractivity contribution >= 4 is 11.9 Å². The number of hydrogen-bond donors (Lipinski definition) is 2. The number of ether oxygens (including phenoxy) is 2. The van der Waals surface area contributed by atoms with E-state index in [1.165, 1.54) is 0 Å². The Morgan fingerprint density at radius 2 is 2.06 bits per heavy atom. The number of aliphatic carboxylic acids is 1. The summed E-state index contributed by atoms with van der Waals surface area (Å²) in [6, 6.07) is -0.891. The molecule has 1 amide bonds. The predicted molar refractivity (Wildman–Crippen MR) is 55.0 cm³/mol. The van der Waals surface area contributed by atoms with Gasteiger partial charge in [-0.2, -0.15) is 0 Å². The van der Waals surface area contributed by atoms with Gasteiger partial charge in [-0.3, -0.25) is 4.79 Å². The Kier molecular flexibility index (Phi) is 4.70. The van der Waals surface area contributed by atoms with Crippen molar-refractivity contribution in [2.75, 3.05) is 19.8 Å². The van der Waals surface area contributed by atoms with Crippen molar-refractivity contribution in [3.8, 4) is 0 Å². The van der Waals surface area contributed by atoms with Crippen molar-refractivity contribution in [2.45, 2.75) is 26.0 Å². The van der Waals surface area contributed by atoms with Gasteiger partial charge in [0, 0.05) is 0 Å². The predicted octanol–water partition coefficient (Wildman–Crippen LogP) is -0.373. The zero-order valence-electron chi connectivity index (χ0n) is 9.43. The second-order valence-corrected chi connectivity index (χ2v) is 4.00. The van der Waals surface area contributed by atoms with Gasteiger partial charge in [0.25, 0.3) is 5.91 Å². The van der Waals surface area contributed by atoms with Gasteiger partial charge in [0.15, 0.2) is 6.10 Å². The maximum absolute atomic E-state index is 11.6. The highest BCUT2D eigenvalue weighted by Gasteiger charge is 2.29. The first kappa shape index (κ1) is 12.9. The van der Waals surface area contributed by atoms with E-state index >= 15 is 0 Å². The van der Waals surface area contributed by atoms with Crippen LogP contribution in [0.3, 0.4) is 0 Å². The molecule has 0 spiro atoms. The van der Waals surface area contributed by atoms with Crippen molar-refractivity contribution in [3.05, 3.63) is 0 Å². The van der Waals surface area contributed by atoms with Crippen LogP contribution in [0.5, 0.6) is 0 Å². The number of carboxylic acid groups (broad SMARTS) is 1. The summed E-state index contributed by atoms with van der Waals surface area (Å²) >= 11 is 0. The Morgan fingerprint density at radius 3 is 2.50 bits per heavy atom. The molecule has 0 aromatic heterocycles. The highest BCUT2D eigenvalue weighted by atomic mass is 16.6. The molecule has 1 fully saturated rings. The average Bonchev–Trinajstić information content (AvgIpc) is 2.25. The third-order valence-electron chi connectivity index (χ3n) is 2.34. The minimum atomic E-state index is -1.04. The topological polar surface area (TPSA) is 84.9 Å². The van der Waals surface area contributed by atoms with E-state index < -0.39 is 24.0 Å². The van der Waals surface area contributed by atoms with Crippen LogP contribution in [0.4, 0.5) is 0 Å².